The minimum absolute atomic E-state index is 0.0137. The SMILES string of the molecule is COc1c(ON(C)COC(C)C)cc2oc3cc(OC(C)(C)COC(C)C)c(CC=C(C)C)c(O)c3c(=O)c2c1CC=C(C)C. The zero-order valence-electron chi connectivity index (χ0n) is 29.0. The molecule has 0 saturated heterocycles. The van der Waals surface area contributed by atoms with Gasteiger partial charge in [-0.25, -0.2) is 0 Å². The zero-order valence-corrected chi connectivity index (χ0v) is 29.0. The molecule has 0 saturated carbocycles. The Balaban J connectivity index is 2.36. The van der Waals surface area contributed by atoms with Crippen molar-refractivity contribution in [3.05, 3.63) is 56.8 Å². The summed E-state index contributed by atoms with van der Waals surface area (Å²) in [6, 6.07) is 3.33. The number of aromatic hydroxyl groups is 1. The Morgan fingerprint density at radius 3 is 2.02 bits per heavy atom. The number of nitrogens with zero attached hydrogens (tertiary/aromatic N) is 1. The topological polar surface area (TPSA) is 99.8 Å². The largest absolute Gasteiger partial charge is 0.507 e. The van der Waals surface area contributed by atoms with E-state index in [1.165, 1.54) is 7.11 Å². The van der Waals surface area contributed by atoms with Gasteiger partial charge < -0.3 is 33.3 Å². The summed E-state index contributed by atoms with van der Waals surface area (Å²) in [6.07, 6.45) is 4.79. The fourth-order valence-electron chi connectivity index (χ4n) is 4.73. The lowest BCUT2D eigenvalue weighted by molar-refractivity contribution is -0.130. The van der Waals surface area contributed by atoms with Gasteiger partial charge in [-0.3, -0.25) is 4.79 Å². The fourth-order valence-corrected chi connectivity index (χ4v) is 4.73. The number of hydrogen-bond acceptors (Lipinski definition) is 9. The molecule has 9 nitrogen and oxygen atoms in total. The van der Waals surface area contributed by atoms with Gasteiger partial charge in [-0.1, -0.05) is 23.3 Å². The van der Waals surface area contributed by atoms with Crippen molar-refractivity contribution in [2.75, 3.05) is 27.5 Å². The lowest BCUT2D eigenvalue weighted by atomic mass is 9.98. The monoisotopic (exact) mass is 625 g/mol. The zero-order chi connectivity index (χ0) is 33.6. The molecule has 9 heteroatoms. The van der Waals surface area contributed by atoms with Crippen molar-refractivity contribution in [1.82, 2.24) is 5.06 Å². The smallest absolute Gasteiger partial charge is 0.204 e. The molecular formula is C36H51NO8. The van der Waals surface area contributed by atoms with E-state index >= 15 is 0 Å². The molecule has 0 spiro atoms. The molecule has 0 aliphatic carbocycles. The number of hydrogen-bond donors (Lipinski definition) is 1. The van der Waals surface area contributed by atoms with Crippen molar-refractivity contribution < 1.29 is 33.3 Å². The Morgan fingerprint density at radius 1 is 0.911 bits per heavy atom. The van der Waals surface area contributed by atoms with Crippen LogP contribution in [0.25, 0.3) is 21.9 Å². The van der Waals surface area contributed by atoms with Gasteiger partial charge in [0.1, 0.15) is 40.4 Å². The first-order chi connectivity index (χ1) is 21.0. The molecule has 0 atom stereocenters. The first-order valence-corrected chi connectivity index (χ1v) is 15.5. The minimum atomic E-state index is -0.726. The Bertz CT molecular complexity index is 1610. The second-order valence-corrected chi connectivity index (χ2v) is 13.0. The predicted molar refractivity (Wildman–Crippen MR) is 180 cm³/mol. The van der Waals surface area contributed by atoms with E-state index in [2.05, 4.69) is 0 Å². The summed E-state index contributed by atoms with van der Waals surface area (Å²) in [4.78, 5) is 20.5. The van der Waals surface area contributed by atoms with E-state index in [0.29, 0.717) is 58.8 Å². The predicted octanol–water partition coefficient (Wildman–Crippen LogP) is 7.87. The van der Waals surface area contributed by atoms with Gasteiger partial charge in [-0.2, -0.15) is 0 Å². The van der Waals surface area contributed by atoms with Crippen molar-refractivity contribution in [2.45, 2.75) is 99.9 Å². The van der Waals surface area contributed by atoms with Crippen molar-refractivity contribution in [3.8, 4) is 23.0 Å². The van der Waals surface area contributed by atoms with Crippen LogP contribution in [0.3, 0.4) is 0 Å². The van der Waals surface area contributed by atoms with Crippen LogP contribution in [-0.4, -0.2) is 55.5 Å². The number of phenolic OH excluding ortho intramolecular Hbond substituents is 1. The summed E-state index contributed by atoms with van der Waals surface area (Å²) in [7, 11) is 3.29. The lowest BCUT2D eigenvalue weighted by Crippen LogP contribution is -2.35. The van der Waals surface area contributed by atoms with E-state index in [1.54, 1.807) is 24.2 Å². The molecule has 2 aromatic carbocycles. The summed E-state index contributed by atoms with van der Waals surface area (Å²) in [5.41, 5.74) is 2.63. The van der Waals surface area contributed by atoms with Crippen LogP contribution in [0.1, 0.15) is 80.4 Å². The van der Waals surface area contributed by atoms with E-state index in [-0.39, 0.29) is 41.1 Å². The molecule has 248 valence electrons. The maximum Gasteiger partial charge on any atom is 0.204 e. The number of hydroxylamine groups is 2. The Labute approximate surface area is 267 Å². The third-order valence-electron chi connectivity index (χ3n) is 6.94. The summed E-state index contributed by atoms with van der Waals surface area (Å²) < 4.78 is 30.2. The Morgan fingerprint density at radius 2 is 1.47 bits per heavy atom. The van der Waals surface area contributed by atoms with Crippen molar-refractivity contribution in [3.63, 3.8) is 0 Å². The van der Waals surface area contributed by atoms with Gasteiger partial charge in [0.25, 0.3) is 0 Å². The number of allylic oxidation sites excluding steroid dienone is 4. The molecule has 0 aliphatic rings. The average Bonchev–Trinajstić information content (AvgIpc) is 2.92. The van der Waals surface area contributed by atoms with Gasteiger partial charge >= 0.3 is 0 Å². The molecule has 0 bridgehead atoms. The third-order valence-corrected chi connectivity index (χ3v) is 6.94. The Kier molecular flexibility index (Phi) is 12.1. The van der Waals surface area contributed by atoms with Crippen molar-refractivity contribution >= 4 is 21.9 Å². The van der Waals surface area contributed by atoms with E-state index in [4.69, 9.17) is 28.2 Å². The van der Waals surface area contributed by atoms with Crippen molar-refractivity contribution in [2.24, 2.45) is 0 Å². The van der Waals surface area contributed by atoms with E-state index in [9.17, 15) is 9.90 Å². The number of phenols is 1. The van der Waals surface area contributed by atoms with E-state index < -0.39 is 5.60 Å². The van der Waals surface area contributed by atoms with Gasteiger partial charge in [-0.05, 0) is 82.1 Å². The number of fused-ring (bicyclic) bond motifs is 2. The van der Waals surface area contributed by atoms with Crippen LogP contribution in [-0.2, 0) is 22.3 Å². The van der Waals surface area contributed by atoms with Gasteiger partial charge in [-0.15, -0.1) is 5.06 Å². The maximum absolute atomic E-state index is 14.4. The summed E-state index contributed by atoms with van der Waals surface area (Å²) >= 11 is 0. The highest BCUT2D eigenvalue weighted by molar-refractivity contribution is 5.98. The quantitative estimate of drug-likeness (QED) is 0.0783. The highest BCUT2D eigenvalue weighted by Gasteiger charge is 2.28. The van der Waals surface area contributed by atoms with E-state index in [0.717, 1.165) is 11.1 Å². The van der Waals surface area contributed by atoms with Gasteiger partial charge in [0.15, 0.2) is 11.5 Å². The molecule has 1 N–H and O–H groups in total. The van der Waals surface area contributed by atoms with Crippen LogP contribution in [0.4, 0.5) is 0 Å². The van der Waals surface area contributed by atoms with Crippen LogP contribution in [0.5, 0.6) is 23.0 Å². The van der Waals surface area contributed by atoms with Crippen LogP contribution in [0.2, 0.25) is 0 Å². The number of ether oxygens (including phenoxy) is 4. The maximum atomic E-state index is 14.4. The fraction of sp³-hybridized carbons (Fsp3) is 0.528. The molecule has 1 aromatic heterocycles. The molecule has 45 heavy (non-hydrogen) atoms. The highest BCUT2D eigenvalue weighted by Crippen LogP contribution is 2.42. The van der Waals surface area contributed by atoms with Gasteiger partial charge in [0, 0.05) is 30.3 Å². The average molecular weight is 626 g/mol. The van der Waals surface area contributed by atoms with Crippen LogP contribution >= 0.6 is 0 Å². The number of benzene rings is 2. The van der Waals surface area contributed by atoms with Crippen LogP contribution < -0.4 is 19.7 Å². The summed E-state index contributed by atoms with van der Waals surface area (Å²) in [5, 5.41) is 13.7. The third kappa shape index (κ3) is 9.25. The van der Waals surface area contributed by atoms with Gasteiger partial charge in [0.05, 0.1) is 31.3 Å². The molecule has 0 aliphatic heterocycles. The first kappa shape index (κ1) is 35.9. The molecule has 0 radical (unpaired) electrons. The summed E-state index contributed by atoms with van der Waals surface area (Å²) in [5.74, 6) is 1.01. The lowest BCUT2D eigenvalue weighted by Gasteiger charge is -2.29. The molecule has 0 fully saturated rings. The molecule has 3 aromatic rings. The second-order valence-electron chi connectivity index (χ2n) is 13.0. The standard InChI is InChI=1S/C36H51NO8/c1-21(2)13-15-25-27(44-36(9,10)19-41-23(5)6)17-29-32(33(25)38)34(39)31-26(16-14-22(3)4)35(40-12)30(18-28(31)43-29)45-37(11)20-42-24(7)8/h13-14,17-18,23-24,38H,15-16,19-20H2,1-12H3. The number of rotatable bonds is 15. The highest BCUT2D eigenvalue weighted by atomic mass is 16.7. The summed E-state index contributed by atoms with van der Waals surface area (Å²) in [6.45, 7) is 20.1. The first-order valence-electron chi connectivity index (χ1n) is 15.5. The van der Waals surface area contributed by atoms with Crippen LogP contribution in [0, 0.1) is 0 Å². The van der Waals surface area contributed by atoms with Crippen LogP contribution in [0.15, 0.2) is 44.6 Å². The molecule has 0 amide bonds. The Hall–Kier alpha value is -3.53. The second kappa shape index (κ2) is 15.2. The molecular weight excluding hydrogens is 574 g/mol. The minimum Gasteiger partial charge on any atom is -0.507 e. The van der Waals surface area contributed by atoms with Gasteiger partial charge in [0.2, 0.25) is 5.43 Å². The molecule has 0 unspecified atom stereocenters. The van der Waals surface area contributed by atoms with E-state index in [1.807, 2.05) is 81.4 Å². The molecule has 3 rings (SSSR count). The van der Waals surface area contributed by atoms with Crippen molar-refractivity contribution in [1.29, 1.82) is 0 Å². The number of methoxy groups -OCH3 is 1. The molecule has 1 heterocycles. The normalized spacial score (nSPS) is 12.0.